The second-order valence-electron chi connectivity index (χ2n) is 5.30. The fraction of sp³-hybridized carbons (Fsp3) is 0.235. The third kappa shape index (κ3) is 4.67. The van der Waals surface area contributed by atoms with Gasteiger partial charge >= 0.3 is 0 Å². The topological polar surface area (TPSA) is 32.3 Å². The minimum Gasteiger partial charge on any atom is -0.322 e. The number of anilines is 1. The maximum absolute atomic E-state index is 13.6. The molecule has 0 aliphatic carbocycles. The molecule has 0 saturated carbocycles. The van der Waals surface area contributed by atoms with Crippen molar-refractivity contribution in [2.45, 2.75) is 19.5 Å². The Morgan fingerprint density at radius 1 is 1.26 bits per heavy atom. The van der Waals surface area contributed by atoms with Gasteiger partial charge in [-0.1, -0.05) is 41.4 Å². The van der Waals surface area contributed by atoms with Crippen LogP contribution in [0, 0.1) is 5.82 Å². The van der Waals surface area contributed by atoms with E-state index in [9.17, 15) is 9.18 Å². The quantitative estimate of drug-likeness (QED) is 0.851. The fourth-order valence-electron chi connectivity index (χ4n) is 2.06. The second kappa shape index (κ2) is 7.77. The van der Waals surface area contributed by atoms with E-state index in [0.717, 1.165) is 5.56 Å². The minimum absolute atomic E-state index is 0.169. The Labute approximate surface area is 145 Å². The van der Waals surface area contributed by atoms with Crippen molar-refractivity contribution in [3.63, 3.8) is 0 Å². The first-order valence-electron chi connectivity index (χ1n) is 7.08. The molecule has 0 aliphatic rings. The molecular weight excluding hydrogens is 338 g/mol. The van der Waals surface area contributed by atoms with Crippen molar-refractivity contribution < 1.29 is 9.18 Å². The van der Waals surface area contributed by atoms with Crippen LogP contribution in [0.4, 0.5) is 10.1 Å². The van der Waals surface area contributed by atoms with Crippen molar-refractivity contribution in [3.8, 4) is 0 Å². The lowest BCUT2D eigenvalue weighted by Crippen LogP contribution is -2.39. The van der Waals surface area contributed by atoms with Gasteiger partial charge in [0, 0.05) is 16.6 Å². The lowest BCUT2D eigenvalue weighted by molar-refractivity contribution is -0.120. The first-order valence-corrected chi connectivity index (χ1v) is 7.83. The number of hydrogen-bond donors (Lipinski definition) is 1. The molecule has 0 unspecified atom stereocenters. The van der Waals surface area contributed by atoms with Gasteiger partial charge in [0.25, 0.3) is 0 Å². The highest BCUT2D eigenvalue weighted by Gasteiger charge is 2.20. The number of hydrogen-bond acceptors (Lipinski definition) is 2. The highest BCUT2D eigenvalue weighted by molar-refractivity contribution is 6.35. The van der Waals surface area contributed by atoms with Crippen LogP contribution in [0.15, 0.2) is 42.5 Å². The first-order chi connectivity index (χ1) is 10.9. The number of nitrogens with one attached hydrogen (secondary N) is 1. The van der Waals surface area contributed by atoms with Crippen LogP contribution < -0.4 is 5.32 Å². The van der Waals surface area contributed by atoms with Crippen LogP contribution in [-0.4, -0.2) is 23.9 Å². The summed E-state index contributed by atoms with van der Waals surface area (Å²) in [5.74, 6) is -0.751. The van der Waals surface area contributed by atoms with Crippen molar-refractivity contribution in [2.24, 2.45) is 0 Å². The zero-order valence-corrected chi connectivity index (χ0v) is 14.3. The molecule has 0 saturated heterocycles. The molecule has 2 aromatic rings. The van der Waals surface area contributed by atoms with Crippen molar-refractivity contribution in [1.29, 1.82) is 0 Å². The van der Waals surface area contributed by atoms with E-state index >= 15 is 0 Å². The third-order valence-corrected chi connectivity index (χ3v) is 4.19. The van der Waals surface area contributed by atoms with E-state index in [4.69, 9.17) is 23.2 Å². The molecule has 0 aromatic heterocycles. The van der Waals surface area contributed by atoms with E-state index in [2.05, 4.69) is 5.32 Å². The third-order valence-electron chi connectivity index (χ3n) is 3.61. The summed E-state index contributed by atoms with van der Waals surface area (Å²) in [5, 5.41) is 3.70. The number of likely N-dealkylation sites (N-methyl/N-ethyl adjacent to an activating group) is 1. The standard InChI is InChI=1S/C17H17Cl2FN2O/c1-11(17(23)21-16-6-4-3-5-15(16)20)22(2)10-12-7-8-13(18)9-14(12)19/h3-9,11H,10H2,1-2H3,(H,21,23)/t11-/m1/s1. The minimum atomic E-state index is -0.462. The molecule has 23 heavy (non-hydrogen) atoms. The van der Waals surface area contributed by atoms with E-state index in [1.807, 2.05) is 11.0 Å². The van der Waals surface area contributed by atoms with Gasteiger partial charge in [0.05, 0.1) is 11.7 Å². The van der Waals surface area contributed by atoms with Crippen LogP contribution in [0.3, 0.4) is 0 Å². The van der Waals surface area contributed by atoms with Gasteiger partial charge < -0.3 is 5.32 Å². The van der Waals surface area contributed by atoms with Gasteiger partial charge in [-0.3, -0.25) is 9.69 Å². The van der Waals surface area contributed by atoms with Crippen molar-refractivity contribution >= 4 is 34.8 Å². The zero-order valence-electron chi connectivity index (χ0n) is 12.8. The maximum Gasteiger partial charge on any atom is 0.241 e. The van der Waals surface area contributed by atoms with Gasteiger partial charge in [-0.25, -0.2) is 4.39 Å². The Morgan fingerprint density at radius 2 is 1.96 bits per heavy atom. The molecule has 122 valence electrons. The predicted molar refractivity (Wildman–Crippen MR) is 92.4 cm³/mol. The lowest BCUT2D eigenvalue weighted by Gasteiger charge is -2.24. The second-order valence-corrected chi connectivity index (χ2v) is 6.14. The number of benzene rings is 2. The van der Waals surface area contributed by atoms with Crippen LogP contribution in [0.1, 0.15) is 12.5 Å². The zero-order chi connectivity index (χ0) is 17.0. The molecule has 2 aromatic carbocycles. The summed E-state index contributed by atoms with van der Waals surface area (Å²) in [6.45, 7) is 2.22. The average molecular weight is 355 g/mol. The number of amides is 1. The molecule has 0 aliphatic heterocycles. The predicted octanol–water partition coefficient (Wildman–Crippen LogP) is 4.59. The van der Waals surface area contributed by atoms with E-state index in [0.29, 0.717) is 16.6 Å². The smallest absolute Gasteiger partial charge is 0.241 e. The molecular formula is C17H17Cl2FN2O. The van der Waals surface area contributed by atoms with E-state index in [1.165, 1.54) is 12.1 Å². The number of para-hydroxylation sites is 1. The largest absolute Gasteiger partial charge is 0.322 e. The normalized spacial score (nSPS) is 12.3. The number of nitrogens with zero attached hydrogens (tertiary/aromatic N) is 1. The summed E-state index contributed by atoms with van der Waals surface area (Å²) in [6.07, 6.45) is 0. The summed E-state index contributed by atoms with van der Waals surface area (Å²) >= 11 is 12.0. The molecule has 0 bridgehead atoms. The number of carbonyl (C=O) groups is 1. The van der Waals surface area contributed by atoms with Crippen LogP contribution in [0.25, 0.3) is 0 Å². The van der Waals surface area contributed by atoms with Crippen LogP contribution in [0.5, 0.6) is 0 Å². The molecule has 6 heteroatoms. The van der Waals surface area contributed by atoms with E-state index in [1.54, 1.807) is 38.2 Å². The molecule has 0 spiro atoms. The molecule has 1 N–H and O–H groups in total. The highest BCUT2D eigenvalue weighted by atomic mass is 35.5. The fourth-order valence-corrected chi connectivity index (χ4v) is 2.52. The molecule has 3 nitrogen and oxygen atoms in total. The van der Waals surface area contributed by atoms with Gasteiger partial charge in [0.15, 0.2) is 0 Å². The Kier molecular flexibility index (Phi) is 5.99. The van der Waals surface area contributed by atoms with Gasteiger partial charge in [-0.05, 0) is 43.8 Å². The van der Waals surface area contributed by atoms with Crippen molar-refractivity contribution in [3.05, 3.63) is 63.9 Å². The van der Waals surface area contributed by atoms with Crippen LogP contribution in [-0.2, 0) is 11.3 Å². The van der Waals surface area contributed by atoms with Crippen LogP contribution >= 0.6 is 23.2 Å². The number of rotatable bonds is 5. The molecule has 1 atom stereocenters. The highest BCUT2D eigenvalue weighted by Crippen LogP contribution is 2.22. The SMILES string of the molecule is C[C@H](C(=O)Nc1ccccc1F)N(C)Cc1ccc(Cl)cc1Cl. The van der Waals surface area contributed by atoms with Crippen molar-refractivity contribution in [1.82, 2.24) is 4.90 Å². The summed E-state index contributed by atoms with van der Waals surface area (Å²) in [4.78, 5) is 14.1. The van der Waals surface area contributed by atoms with Crippen molar-refractivity contribution in [2.75, 3.05) is 12.4 Å². The molecule has 0 heterocycles. The number of halogens is 3. The Hall–Kier alpha value is -1.62. The molecule has 0 radical (unpaired) electrons. The monoisotopic (exact) mass is 354 g/mol. The van der Waals surface area contributed by atoms with Gasteiger partial charge in [-0.15, -0.1) is 0 Å². The summed E-state index contributed by atoms with van der Waals surface area (Å²) in [7, 11) is 1.80. The molecule has 1 amide bonds. The van der Waals surface area contributed by atoms with E-state index < -0.39 is 11.9 Å². The Bertz CT molecular complexity index is 709. The Balaban J connectivity index is 2.02. The van der Waals surface area contributed by atoms with Crippen LogP contribution in [0.2, 0.25) is 10.0 Å². The van der Waals surface area contributed by atoms with E-state index in [-0.39, 0.29) is 11.6 Å². The summed E-state index contributed by atoms with van der Waals surface area (Å²) in [5.41, 5.74) is 1.03. The Morgan fingerprint density at radius 3 is 2.61 bits per heavy atom. The molecule has 0 fully saturated rings. The summed E-state index contributed by atoms with van der Waals surface area (Å²) < 4.78 is 13.6. The van der Waals surface area contributed by atoms with Gasteiger partial charge in [0.1, 0.15) is 5.82 Å². The molecule has 2 rings (SSSR count). The van der Waals surface area contributed by atoms with Gasteiger partial charge in [-0.2, -0.15) is 0 Å². The van der Waals surface area contributed by atoms with Gasteiger partial charge in [0.2, 0.25) is 5.91 Å². The number of carbonyl (C=O) groups excluding carboxylic acids is 1. The summed E-state index contributed by atoms with van der Waals surface area (Å²) in [6, 6.07) is 10.8. The average Bonchev–Trinajstić information content (AvgIpc) is 2.51. The first kappa shape index (κ1) is 17.7. The lowest BCUT2D eigenvalue weighted by atomic mass is 10.2. The maximum atomic E-state index is 13.6.